The van der Waals surface area contributed by atoms with E-state index in [-0.39, 0.29) is 12.1 Å². The SMILES string of the molecule is COC(=O)c1cccc(OC(C(C)C)C2CCNCC2)c1. The molecular formula is C17H25NO3. The predicted octanol–water partition coefficient (Wildman–Crippen LogP) is 2.88. The quantitative estimate of drug-likeness (QED) is 0.847. The third-order valence-electron chi connectivity index (χ3n) is 4.03. The Morgan fingerprint density at radius 3 is 2.62 bits per heavy atom. The van der Waals surface area contributed by atoms with Crippen molar-refractivity contribution >= 4 is 5.97 Å². The van der Waals surface area contributed by atoms with Crippen LogP contribution in [0.4, 0.5) is 0 Å². The van der Waals surface area contributed by atoms with Crippen molar-refractivity contribution in [3.63, 3.8) is 0 Å². The molecule has 1 aromatic carbocycles. The molecule has 0 saturated carbocycles. The molecule has 116 valence electrons. The second kappa shape index (κ2) is 7.46. The first-order valence-corrected chi connectivity index (χ1v) is 7.67. The van der Waals surface area contributed by atoms with Crippen molar-refractivity contribution in [3.8, 4) is 5.75 Å². The van der Waals surface area contributed by atoms with E-state index in [9.17, 15) is 4.79 Å². The molecule has 1 aromatic rings. The summed E-state index contributed by atoms with van der Waals surface area (Å²) in [6.45, 7) is 6.49. The average molecular weight is 291 g/mol. The fraction of sp³-hybridized carbons (Fsp3) is 0.588. The van der Waals surface area contributed by atoms with Gasteiger partial charge in [-0.3, -0.25) is 0 Å². The first-order valence-electron chi connectivity index (χ1n) is 7.67. The Balaban J connectivity index is 2.11. The van der Waals surface area contributed by atoms with Gasteiger partial charge in [-0.1, -0.05) is 19.9 Å². The normalized spacial score (nSPS) is 17.5. The molecule has 1 atom stereocenters. The van der Waals surface area contributed by atoms with Crippen molar-refractivity contribution < 1.29 is 14.3 Å². The number of hydrogen-bond acceptors (Lipinski definition) is 4. The van der Waals surface area contributed by atoms with Crippen LogP contribution in [0.2, 0.25) is 0 Å². The maximum atomic E-state index is 11.6. The number of nitrogens with one attached hydrogen (secondary N) is 1. The largest absolute Gasteiger partial charge is 0.490 e. The van der Waals surface area contributed by atoms with E-state index in [1.807, 2.05) is 12.1 Å². The lowest BCUT2D eigenvalue weighted by molar-refractivity contribution is 0.0594. The number of hydrogen-bond donors (Lipinski definition) is 1. The molecule has 1 saturated heterocycles. The van der Waals surface area contributed by atoms with E-state index in [1.165, 1.54) is 7.11 Å². The van der Waals surface area contributed by atoms with Gasteiger partial charge in [0, 0.05) is 0 Å². The molecule has 2 rings (SSSR count). The minimum Gasteiger partial charge on any atom is -0.490 e. The van der Waals surface area contributed by atoms with E-state index in [2.05, 4.69) is 19.2 Å². The monoisotopic (exact) mass is 291 g/mol. The van der Waals surface area contributed by atoms with Gasteiger partial charge in [-0.15, -0.1) is 0 Å². The Bertz CT molecular complexity index is 467. The maximum Gasteiger partial charge on any atom is 0.337 e. The lowest BCUT2D eigenvalue weighted by Gasteiger charge is -2.33. The lowest BCUT2D eigenvalue weighted by Crippen LogP contribution is -2.39. The molecule has 0 spiro atoms. The number of esters is 1. The van der Waals surface area contributed by atoms with Crippen LogP contribution in [-0.2, 0) is 4.74 Å². The molecule has 1 heterocycles. The zero-order valence-corrected chi connectivity index (χ0v) is 13.1. The van der Waals surface area contributed by atoms with Gasteiger partial charge >= 0.3 is 5.97 Å². The molecule has 1 fully saturated rings. The Labute approximate surface area is 126 Å². The second-order valence-corrected chi connectivity index (χ2v) is 5.93. The Morgan fingerprint density at radius 2 is 2.00 bits per heavy atom. The summed E-state index contributed by atoms with van der Waals surface area (Å²) in [6, 6.07) is 7.25. The summed E-state index contributed by atoms with van der Waals surface area (Å²) in [5, 5.41) is 3.39. The van der Waals surface area contributed by atoms with Gasteiger partial charge < -0.3 is 14.8 Å². The van der Waals surface area contributed by atoms with Crippen LogP contribution in [0, 0.1) is 11.8 Å². The first-order chi connectivity index (χ1) is 10.1. The van der Waals surface area contributed by atoms with Crippen LogP contribution in [0.5, 0.6) is 5.75 Å². The summed E-state index contributed by atoms with van der Waals surface area (Å²) in [5.74, 6) is 1.42. The average Bonchev–Trinajstić information content (AvgIpc) is 2.52. The number of rotatable bonds is 5. The minimum absolute atomic E-state index is 0.181. The molecule has 0 aromatic heterocycles. The van der Waals surface area contributed by atoms with Gasteiger partial charge in [0.25, 0.3) is 0 Å². The second-order valence-electron chi connectivity index (χ2n) is 5.93. The van der Waals surface area contributed by atoms with Gasteiger partial charge in [0.15, 0.2) is 0 Å². The first kappa shape index (κ1) is 15.8. The van der Waals surface area contributed by atoms with Gasteiger partial charge in [-0.05, 0) is 56.0 Å². The molecule has 0 radical (unpaired) electrons. The van der Waals surface area contributed by atoms with E-state index in [0.717, 1.165) is 31.7 Å². The van der Waals surface area contributed by atoms with Crippen molar-refractivity contribution in [1.82, 2.24) is 5.32 Å². The van der Waals surface area contributed by atoms with Gasteiger partial charge in [-0.2, -0.15) is 0 Å². The molecule has 1 unspecified atom stereocenters. The zero-order valence-electron chi connectivity index (χ0n) is 13.1. The lowest BCUT2D eigenvalue weighted by atomic mass is 9.86. The molecule has 0 aliphatic carbocycles. The number of carbonyl (C=O) groups is 1. The highest BCUT2D eigenvalue weighted by Gasteiger charge is 2.28. The molecule has 1 aliphatic heterocycles. The van der Waals surface area contributed by atoms with Gasteiger partial charge in [0.2, 0.25) is 0 Å². The highest BCUT2D eigenvalue weighted by Crippen LogP contribution is 2.27. The van der Waals surface area contributed by atoms with E-state index >= 15 is 0 Å². The summed E-state index contributed by atoms with van der Waals surface area (Å²) < 4.78 is 11.0. The standard InChI is InChI=1S/C17H25NO3/c1-12(2)16(13-7-9-18-10-8-13)21-15-6-4-5-14(11-15)17(19)20-3/h4-6,11-13,16,18H,7-10H2,1-3H3. The molecule has 1 aliphatic rings. The van der Waals surface area contributed by atoms with Crippen molar-refractivity contribution in [2.45, 2.75) is 32.8 Å². The van der Waals surface area contributed by atoms with E-state index < -0.39 is 0 Å². The van der Waals surface area contributed by atoms with E-state index in [0.29, 0.717) is 17.4 Å². The number of carbonyl (C=O) groups excluding carboxylic acids is 1. The summed E-state index contributed by atoms with van der Waals surface area (Å²) in [7, 11) is 1.39. The van der Waals surface area contributed by atoms with Gasteiger partial charge in [0.05, 0.1) is 12.7 Å². The third kappa shape index (κ3) is 4.21. The number of methoxy groups -OCH3 is 1. The summed E-state index contributed by atoms with van der Waals surface area (Å²) in [6.07, 6.45) is 2.46. The summed E-state index contributed by atoms with van der Waals surface area (Å²) in [5.41, 5.74) is 0.530. The van der Waals surface area contributed by atoms with Crippen molar-refractivity contribution in [1.29, 1.82) is 0 Å². The molecule has 0 bridgehead atoms. The van der Waals surface area contributed by atoms with Gasteiger partial charge in [0.1, 0.15) is 11.9 Å². The van der Waals surface area contributed by atoms with Crippen LogP contribution in [0.15, 0.2) is 24.3 Å². The van der Waals surface area contributed by atoms with E-state index in [4.69, 9.17) is 9.47 Å². The van der Waals surface area contributed by atoms with E-state index in [1.54, 1.807) is 12.1 Å². The molecule has 1 N–H and O–H groups in total. The van der Waals surface area contributed by atoms with Crippen LogP contribution in [-0.4, -0.2) is 32.3 Å². The fourth-order valence-electron chi connectivity index (χ4n) is 2.92. The Kier molecular flexibility index (Phi) is 5.62. The van der Waals surface area contributed by atoms with Crippen LogP contribution in [0.3, 0.4) is 0 Å². The van der Waals surface area contributed by atoms with Gasteiger partial charge in [-0.25, -0.2) is 4.79 Å². The fourth-order valence-corrected chi connectivity index (χ4v) is 2.92. The molecule has 4 nitrogen and oxygen atoms in total. The third-order valence-corrected chi connectivity index (χ3v) is 4.03. The topological polar surface area (TPSA) is 47.6 Å². The number of ether oxygens (including phenoxy) is 2. The number of benzene rings is 1. The molecule has 21 heavy (non-hydrogen) atoms. The summed E-state index contributed by atoms with van der Waals surface area (Å²) >= 11 is 0. The van der Waals surface area contributed by atoms with Crippen LogP contribution >= 0.6 is 0 Å². The smallest absolute Gasteiger partial charge is 0.337 e. The molecule has 0 amide bonds. The molecule has 4 heteroatoms. The van der Waals surface area contributed by atoms with Crippen LogP contribution in [0.25, 0.3) is 0 Å². The summed E-state index contributed by atoms with van der Waals surface area (Å²) in [4.78, 5) is 11.6. The highest BCUT2D eigenvalue weighted by atomic mass is 16.5. The Morgan fingerprint density at radius 1 is 1.29 bits per heavy atom. The van der Waals surface area contributed by atoms with Crippen molar-refractivity contribution in [2.24, 2.45) is 11.8 Å². The van der Waals surface area contributed by atoms with Crippen LogP contribution in [0.1, 0.15) is 37.0 Å². The predicted molar refractivity (Wildman–Crippen MR) is 82.6 cm³/mol. The van der Waals surface area contributed by atoms with Crippen LogP contribution < -0.4 is 10.1 Å². The van der Waals surface area contributed by atoms with Crippen molar-refractivity contribution in [2.75, 3.05) is 20.2 Å². The van der Waals surface area contributed by atoms with Crippen molar-refractivity contribution in [3.05, 3.63) is 29.8 Å². The number of piperidine rings is 1. The molecular weight excluding hydrogens is 266 g/mol. The maximum absolute atomic E-state index is 11.6. The highest BCUT2D eigenvalue weighted by molar-refractivity contribution is 5.89. The minimum atomic E-state index is -0.330. The Hall–Kier alpha value is -1.55. The zero-order chi connectivity index (χ0) is 15.2.